The van der Waals surface area contributed by atoms with Gasteiger partial charge in [-0.15, -0.1) is 0 Å². The van der Waals surface area contributed by atoms with Gasteiger partial charge < -0.3 is 50.6 Å². The summed E-state index contributed by atoms with van der Waals surface area (Å²) in [6.07, 6.45) is 3.20. The molecule has 2 aromatic carbocycles. The topological polar surface area (TPSA) is 262 Å². The maximum atomic E-state index is 13.9. The second-order valence-corrected chi connectivity index (χ2v) is 16.3. The van der Waals surface area contributed by atoms with Crippen LogP contribution in [0, 0.1) is 0 Å². The monoisotopic (exact) mass is 859 g/mol. The molecule has 0 radical (unpaired) electrons. The Kier molecular flexibility index (Phi) is 16.6. The molecule has 2 unspecified atom stereocenters. The van der Waals surface area contributed by atoms with E-state index in [0.717, 1.165) is 5.56 Å². The second kappa shape index (κ2) is 21.1. The van der Waals surface area contributed by atoms with Crippen molar-refractivity contribution in [3.05, 3.63) is 64.3 Å². The van der Waals surface area contributed by atoms with Gasteiger partial charge in [-0.1, -0.05) is 23.7 Å². The number of fused-ring (bicyclic) bond motifs is 1. The van der Waals surface area contributed by atoms with Crippen LogP contribution in [0.5, 0.6) is 5.75 Å². The maximum Gasteiger partial charge on any atom is 0.396 e. The van der Waals surface area contributed by atoms with Gasteiger partial charge in [0.05, 0.1) is 11.6 Å². The Balaban J connectivity index is 1.33. The molecule has 1 aromatic heterocycles. The van der Waals surface area contributed by atoms with E-state index in [1.165, 1.54) is 45.9 Å². The highest BCUT2D eigenvalue weighted by molar-refractivity contribution is 7.70. The highest BCUT2D eigenvalue weighted by atomic mass is 35.5. The van der Waals surface area contributed by atoms with Crippen LogP contribution < -0.4 is 21.1 Å². The van der Waals surface area contributed by atoms with Crippen LogP contribution in [0.4, 0.5) is 0 Å². The van der Waals surface area contributed by atoms with Crippen LogP contribution in [0.15, 0.2) is 42.5 Å². The van der Waals surface area contributed by atoms with E-state index in [4.69, 9.17) is 22.1 Å². The first-order valence-corrected chi connectivity index (χ1v) is 21.1. The van der Waals surface area contributed by atoms with Gasteiger partial charge in [0.1, 0.15) is 24.1 Å². The first-order chi connectivity index (χ1) is 27.9. The third-order valence-corrected chi connectivity index (χ3v) is 11.3. The maximum absolute atomic E-state index is 13.9. The average Bonchev–Trinajstić information content (AvgIpc) is 3.81. The van der Waals surface area contributed by atoms with Crippen LogP contribution in [-0.4, -0.2) is 129 Å². The van der Waals surface area contributed by atoms with E-state index in [9.17, 15) is 47.9 Å². The number of benzene rings is 2. The summed E-state index contributed by atoms with van der Waals surface area (Å²) < 4.78 is 17.4. The Morgan fingerprint density at radius 2 is 1.81 bits per heavy atom. The fourth-order valence-electron chi connectivity index (χ4n) is 7.00. The number of nitrogens with zero attached hydrogens (tertiary/aromatic N) is 3. The van der Waals surface area contributed by atoms with Gasteiger partial charge in [-0.05, 0) is 74.9 Å². The predicted octanol–water partition coefficient (Wildman–Crippen LogP) is 2.34. The van der Waals surface area contributed by atoms with Crippen molar-refractivity contribution < 1.29 is 52.7 Å². The number of rotatable bonds is 22. The summed E-state index contributed by atoms with van der Waals surface area (Å²) in [6.45, 7) is 3.57. The van der Waals surface area contributed by atoms with Gasteiger partial charge in [0.15, 0.2) is 0 Å². The molecule has 59 heavy (non-hydrogen) atoms. The summed E-state index contributed by atoms with van der Waals surface area (Å²) >= 11 is 6.60. The van der Waals surface area contributed by atoms with Crippen LogP contribution in [0.25, 0.3) is 10.9 Å². The highest BCUT2D eigenvalue weighted by Gasteiger charge is 2.39. The quantitative estimate of drug-likeness (QED) is 0.0631. The number of aromatic nitrogens is 1. The van der Waals surface area contributed by atoms with Gasteiger partial charge >= 0.3 is 7.60 Å². The lowest BCUT2D eigenvalue weighted by atomic mass is 10.1. The van der Waals surface area contributed by atoms with Crippen molar-refractivity contribution in [2.75, 3.05) is 39.8 Å². The number of primary amides is 1. The van der Waals surface area contributed by atoms with E-state index >= 15 is 0 Å². The Morgan fingerprint density at radius 3 is 2.47 bits per heavy atom. The Labute approximate surface area is 346 Å². The number of hydrogen-bond donors (Lipinski definition) is 6. The molecule has 7 N–H and O–H groups in total. The molecule has 18 nitrogen and oxygen atoms in total. The molecule has 0 aliphatic carbocycles. The molecule has 1 fully saturated rings. The lowest BCUT2D eigenvalue weighted by molar-refractivity contribution is -0.141. The van der Waals surface area contributed by atoms with E-state index in [2.05, 4.69) is 15.6 Å². The third kappa shape index (κ3) is 12.8. The number of likely N-dealkylation sites (tertiary alicyclic amines) is 1. The summed E-state index contributed by atoms with van der Waals surface area (Å²) in [5.41, 5.74) is 5.28. The van der Waals surface area contributed by atoms with Gasteiger partial charge in [0.25, 0.3) is 11.4 Å². The molecule has 6 amide bonds. The number of amides is 6. The number of halogens is 1. The Morgan fingerprint density at radius 1 is 1.07 bits per heavy atom. The van der Waals surface area contributed by atoms with Gasteiger partial charge in [0, 0.05) is 75.0 Å². The first kappa shape index (κ1) is 46.4. The van der Waals surface area contributed by atoms with Crippen LogP contribution in [0.3, 0.4) is 0 Å². The number of carbonyl (C=O) groups is 7. The summed E-state index contributed by atoms with van der Waals surface area (Å²) in [7, 11) is -3.42. The van der Waals surface area contributed by atoms with Gasteiger partial charge in [0.2, 0.25) is 30.0 Å². The third-order valence-electron chi connectivity index (χ3n) is 10.1. The van der Waals surface area contributed by atoms with E-state index in [1.54, 1.807) is 26.1 Å². The largest absolute Gasteiger partial charge is 0.490 e. The number of carbonyl (C=O) groups excluding carboxylic acids is 7. The standard InChI is InChI=1S/C39H51ClN7O11P/c1-24(43-37(52)31-21-28-20-27(10-12-30(28)44-31)39(54)59(55,56)57)22-46(25(2)49)16-14-29-11-13-32(47(29)23-48)38(53)45(17-15-34(41)50)18-19-58-33-8-4-6-26(36(33)40)7-5-9-35(51)42-3/h4,6,8,10,12,20-21,23-24,29,32,44H,5,7,9,11,13-19,22H2,1-3H3,(H2,41,50)(H,42,51)(H,43,52)(H2,55,56,57)/t24?,29-,32?/m1/s1. The first-order valence-electron chi connectivity index (χ1n) is 19.1. The number of ether oxygens (including phenoxy) is 1. The van der Waals surface area contributed by atoms with E-state index in [-0.39, 0.29) is 74.2 Å². The molecule has 3 aromatic rings. The van der Waals surface area contributed by atoms with E-state index < -0.39 is 37.0 Å². The molecule has 3 atom stereocenters. The van der Waals surface area contributed by atoms with Crippen molar-refractivity contribution in [3.63, 3.8) is 0 Å². The average molecular weight is 860 g/mol. The van der Waals surface area contributed by atoms with Crippen molar-refractivity contribution in [1.82, 2.24) is 30.3 Å². The van der Waals surface area contributed by atoms with Crippen molar-refractivity contribution in [2.45, 2.75) is 76.9 Å². The molecule has 2 heterocycles. The molecule has 0 bridgehead atoms. The van der Waals surface area contributed by atoms with Gasteiger partial charge in [-0.3, -0.25) is 38.1 Å². The number of hydrogen-bond acceptors (Lipinski definition) is 9. The number of nitrogens with one attached hydrogen (secondary N) is 3. The number of nitrogens with two attached hydrogens (primary N) is 1. The molecule has 20 heteroatoms. The molecule has 1 aliphatic rings. The van der Waals surface area contributed by atoms with Gasteiger partial charge in [-0.2, -0.15) is 0 Å². The minimum atomic E-state index is -4.99. The molecular weight excluding hydrogens is 809 g/mol. The summed E-state index contributed by atoms with van der Waals surface area (Å²) in [4.78, 5) is 113. The normalized spacial score (nSPS) is 15.7. The highest BCUT2D eigenvalue weighted by Crippen LogP contribution is 2.39. The predicted molar refractivity (Wildman–Crippen MR) is 218 cm³/mol. The second-order valence-electron chi connectivity index (χ2n) is 14.4. The van der Waals surface area contributed by atoms with Crippen LogP contribution in [0.1, 0.15) is 78.8 Å². The van der Waals surface area contributed by atoms with Crippen molar-refractivity contribution in [1.29, 1.82) is 0 Å². The lowest BCUT2D eigenvalue weighted by Gasteiger charge is -2.32. The minimum absolute atomic E-state index is 0.0101. The van der Waals surface area contributed by atoms with E-state index in [0.29, 0.717) is 66.6 Å². The van der Waals surface area contributed by atoms with E-state index in [1.807, 2.05) is 6.07 Å². The van der Waals surface area contributed by atoms with Crippen LogP contribution >= 0.6 is 19.2 Å². The molecule has 0 spiro atoms. The molecule has 320 valence electrons. The fraction of sp³-hybridized carbons (Fsp3) is 0.462. The van der Waals surface area contributed by atoms with Gasteiger partial charge in [-0.25, -0.2) is 0 Å². The zero-order chi connectivity index (χ0) is 43.4. The molecule has 4 rings (SSSR count). The SMILES string of the molecule is CNC(=O)CCCc1cccc(OCCN(CCC(N)=O)C(=O)C2CC[C@H](CCN(CC(C)NC(=O)c3cc4cc(C(=O)P(=O)(O)O)ccc4[nH]3)C(C)=O)N2C=O)c1Cl. The van der Waals surface area contributed by atoms with Crippen molar-refractivity contribution >= 4 is 71.6 Å². The molecule has 1 saturated heterocycles. The zero-order valence-electron chi connectivity index (χ0n) is 33.1. The molecular formula is C39H51ClN7O11P. The van der Waals surface area contributed by atoms with Crippen molar-refractivity contribution in [3.8, 4) is 5.75 Å². The number of aryl methyl sites for hydroxylation is 1. The number of H-pyrrole nitrogens is 1. The Bertz CT molecular complexity index is 2090. The van der Waals surface area contributed by atoms with Crippen LogP contribution in [-0.2, 0) is 35.0 Å². The zero-order valence-corrected chi connectivity index (χ0v) is 34.8. The minimum Gasteiger partial charge on any atom is -0.490 e. The lowest BCUT2D eigenvalue weighted by Crippen LogP contribution is -2.49. The molecule has 0 saturated carbocycles. The van der Waals surface area contributed by atoms with Crippen molar-refractivity contribution in [2.24, 2.45) is 5.73 Å². The fourth-order valence-corrected chi connectivity index (χ4v) is 7.75. The summed E-state index contributed by atoms with van der Waals surface area (Å²) in [5.74, 6) is -1.43. The summed E-state index contributed by atoms with van der Waals surface area (Å²) in [5, 5.41) is 6.19. The number of aromatic amines is 1. The van der Waals surface area contributed by atoms with Crippen LogP contribution in [0.2, 0.25) is 5.02 Å². The summed E-state index contributed by atoms with van der Waals surface area (Å²) in [6, 6.07) is 9.01. The smallest absolute Gasteiger partial charge is 0.396 e. The Hall–Kier alpha value is -5.29. The molecule has 1 aliphatic heterocycles.